The number of benzene rings is 2. The number of hydrogen-bond donors (Lipinski definition) is 6. The lowest BCUT2D eigenvalue weighted by atomic mass is 9.80. The molecule has 0 spiro atoms. The summed E-state index contributed by atoms with van der Waals surface area (Å²) in [4.78, 5) is 122. The Morgan fingerprint density at radius 2 is 0.922 bits per heavy atom. The van der Waals surface area contributed by atoms with Crippen molar-refractivity contribution in [3.8, 4) is 11.5 Å². The van der Waals surface area contributed by atoms with Crippen molar-refractivity contribution in [3.05, 3.63) is 59.7 Å². The quantitative estimate of drug-likeness (QED) is 0.0588. The fraction of sp³-hybridized carbons (Fsp3) is 0.682. The smallest absolute Gasteiger partial charge is 0.404 e. The molecule has 8 atom stereocenters. The summed E-state index contributed by atoms with van der Waals surface area (Å²) in [5.74, 6) is -1.91. The predicted octanol–water partition coefficient (Wildman–Crippen LogP) is 3.57. The third-order valence-electron chi connectivity index (χ3n) is 18.2. The monoisotopic (exact) mass is 1260 g/mol. The first-order chi connectivity index (χ1) is 42.5. The van der Waals surface area contributed by atoms with Crippen LogP contribution in [-0.4, -0.2) is 203 Å². The Kier molecular flexibility index (Phi) is 28.1. The number of carbonyl (C=O) groups is 9. The van der Waals surface area contributed by atoms with Crippen LogP contribution in [0, 0.1) is 23.7 Å². The van der Waals surface area contributed by atoms with Gasteiger partial charge in [-0.3, -0.25) is 48.2 Å². The van der Waals surface area contributed by atoms with Gasteiger partial charge in [-0.15, -0.1) is 0 Å². The number of hydrogen-bond acceptors (Lipinski definition) is 19. The lowest BCUT2D eigenvalue weighted by Gasteiger charge is -2.31. The van der Waals surface area contributed by atoms with E-state index >= 15 is 0 Å². The van der Waals surface area contributed by atoms with Gasteiger partial charge in [-0.25, -0.2) is 4.79 Å². The second-order valence-electron chi connectivity index (χ2n) is 25.4. The van der Waals surface area contributed by atoms with Gasteiger partial charge in [0.05, 0.1) is 91.1 Å². The number of ether oxygens (including phenoxy) is 7. The van der Waals surface area contributed by atoms with E-state index in [9.17, 15) is 43.2 Å². The third kappa shape index (κ3) is 23.1. The average Bonchev–Trinajstić information content (AvgIpc) is 1.69. The molecule has 4 saturated heterocycles. The van der Waals surface area contributed by atoms with Crippen molar-refractivity contribution in [2.45, 2.75) is 173 Å². The lowest BCUT2D eigenvalue weighted by Crippen LogP contribution is -2.50. The number of ketones is 4. The lowest BCUT2D eigenvalue weighted by molar-refractivity contribution is -0.135. The number of nitrogens with zero attached hydrogens (tertiary/aromatic N) is 2. The van der Waals surface area contributed by atoms with Crippen LogP contribution in [0.15, 0.2) is 48.5 Å². The van der Waals surface area contributed by atoms with Crippen molar-refractivity contribution in [1.29, 1.82) is 0 Å². The highest BCUT2D eigenvalue weighted by molar-refractivity contribution is 5.99. The standard InChI is InChI=1S/C33H48N4O9.C32H48N4O7.CH4/c1-21(35-29(39)19-37-12-14-44-15-13-37)28(38)18-24(16-22-4-8-25(43-3)9-5-22)31(41)36-27(30(40)33(2)20-45-33)17-23-6-10-26(11-7-23)46-32(34)42;1-21(34-29(38)19-36-12-14-42-15-13-36)28(37)18-24(16-22-6-10-26(41-3)11-7-22)31(40)35-27(30(39)32(2)20-43-32)17-23-4-8-25(33)9-5-23;/h4-5,8-9,21,23-24,26-27H,6-7,10-20H2,1-3H3,(H2,34,42)(H,35,39)(H,36,41);6-7,10-11,21,23-25,27H,4-5,8-9,12-20,33H2,1-3H3,(H,34,38)(H,35,40);1H4. The van der Waals surface area contributed by atoms with Crippen LogP contribution in [-0.2, 0) is 74.9 Å². The molecule has 2 aliphatic carbocycles. The van der Waals surface area contributed by atoms with Crippen molar-refractivity contribution in [2.75, 3.05) is 93.1 Å². The van der Waals surface area contributed by atoms with Gasteiger partial charge in [-0.1, -0.05) is 31.7 Å². The Balaban J connectivity index is 0.000000284. The first-order valence-electron chi connectivity index (χ1n) is 31.7. The maximum Gasteiger partial charge on any atom is 0.404 e. The minimum atomic E-state index is -0.954. The third-order valence-corrected chi connectivity index (χ3v) is 18.2. The molecule has 0 aromatic heterocycles. The molecular weight excluding hydrogens is 1160 g/mol. The van der Waals surface area contributed by atoms with Crippen LogP contribution in [0.2, 0.25) is 0 Å². The molecule has 8 unspecified atom stereocenters. The van der Waals surface area contributed by atoms with E-state index in [-0.39, 0.29) is 111 Å². The normalized spacial score (nSPS) is 25.2. The first kappa shape index (κ1) is 72.7. The Morgan fingerprint density at radius 1 is 0.567 bits per heavy atom. The molecule has 24 nitrogen and oxygen atoms in total. The summed E-state index contributed by atoms with van der Waals surface area (Å²) in [7, 11) is 3.15. The van der Waals surface area contributed by atoms with Gasteiger partial charge in [0.25, 0.3) is 0 Å². The number of primary amides is 1. The van der Waals surface area contributed by atoms with E-state index in [4.69, 9.17) is 44.6 Å². The Morgan fingerprint density at radius 3 is 1.26 bits per heavy atom. The van der Waals surface area contributed by atoms with Crippen molar-refractivity contribution in [1.82, 2.24) is 31.1 Å². The Bertz CT molecular complexity index is 2700. The number of methoxy groups -OCH3 is 2. The van der Waals surface area contributed by atoms with Crippen molar-refractivity contribution in [2.24, 2.45) is 35.1 Å². The van der Waals surface area contributed by atoms with Gasteiger partial charge in [0, 0.05) is 56.9 Å². The molecule has 6 aliphatic rings. The maximum absolute atomic E-state index is 13.9. The van der Waals surface area contributed by atoms with Crippen LogP contribution in [0.25, 0.3) is 0 Å². The van der Waals surface area contributed by atoms with Crippen molar-refractivity contribution >= 4 is 52.9 Å². The maximum atomic E-state index is 13.9. The van der Waals surface area contributed by atoms with E-state index in [0.717, 1.165) is 36.8 Å². The van der Waals surface area contributed by atoms with Gasteiger partial charge >= 0.3 is 6.09 Å². The van der Waals surface area contributed by atoms with Gasteiger partial charge in [-0.05, 0) is 152 Å². The van der Waals surface area contributed by atoms with Crippen LogP contribution in [0.3, 0.4) is 0 Å². The Hall–Kier alpha value is -6.41. The molecule has 24 heteroatoms. The fourth-order valence-electron chi connectivity index (χ4n) is 12.1. The number of epoxide rings is 2. The van der Waals surface area contributed by atoms with Gasteiger partial charge in [0.15, 0.2) is 23.1 Å². The molecule has 0 bridgehead atoms. The molecule has 500 valence electrons. The number of Topliss-reactive ketones (excluding diaryl/α,β-unsaturated/α-hetero) is 4. The summed E-state index contributed by atoms with van der Waals surface area (Å²) >= 11 is 0. The van der Waals surface area contributed by atoms with Crippen LogP contribution in [0.1, 0.15) is 123 Å². The minimum absolute atomic E-state index is 0. The molecule has 90 heavy (non-hydrogen) atoms. The zero-order chi connectivity index (χ0) is 64.3. The second kappa shape index (κ2) is 34.9. The van der Waals surface area contributed by atoms with E-state index < -0.39 is 59.2 Å². The molecule has 0 radical (unpaired) electrons. The predicted molar refractivity (Wildman–Crippen MR) is 334 cm³/mol. The average molecular weight is 1260 g/mol. The van der Waals surface area contributed by atoms with E-state index in [1.165, 1.54) is 0 Å². The topological polar surface area (TPSA) is 331 Å². The first-order valence-corrected chi connectivity index (χ1v) is 31.7. The molecule has 2 aromatic carbocycles. The minimum Gasteiger partial charge on any atom is -0.497 e. The second-order valence-corrected chi connectivity index (χ2v) is 25.4. The van der Waals surface area contributed by atoms with E-state index in [2.05, 4.69) is 21.3 Å². The highest BCUT2D eigenvalue weighted by Gasteiger charge is 2.52. The highest BCUT2D eigenvalue weighted by atomic mass is 16.6. The summed E-state index contributed by atoms with van der Waals surface area (Å²) in [6, 6.07) is 11.7. The van der Waals surface area contributed by atoms with Gasteiger partial charge in [-0.2, -0.15) is 0 Å². The molecule has 4 aliphatic heterocycles. The Labute approximate surface area is 530 Å². The van der Waals surface area contributed by atoms with Gasteiger partial charge in [0.2, 0.25) is 23.6 Å². The van der Waals surface area contributed by atoms with E-state index in [1.54, 1.807) is 54.0 Å². The summed E-state index contributed by atoms with van der Waals surface area (Å²) in [6.45, 7) is 12.6. The van der Waals surface area contributed by atoms with E-state index in [0.29, 0.717) is 116 Å². The van der Waals surface area contributed by atoms with Gasteiger partial charge < -0.3 is 65.9 Å². The molecule has 2 saturated carbocycles. The highest BCUT2D eigenvalue weighted by Crippen LogP contribution is 2.36. The molecule has 8 rings (SSSR count). The largest absolute Gasteiger partial charge is 0.497 e. The van der Waals surface area contributed by atoms with Crippen LogP contribution >= 0.6 is 0 Å². The SMILES string of the molecule is C.COc1ccc(CC(CC(=O)C(C)NC(=O)CN2CCOCC2)C(=O)NC(CC2CCC(N)CC2)C(=O)C2(C)CO2)cc1.COc1ccc(CC(CC(=O)C(C)NC(=O)CN2CCOCC2)C(=O)NC(CC2CCC(OC(N)=O)CC2)C(=O)C2(C)CO2)cc1. The van der Waals surface area contributed by atoms with Gasteiger partial charge in [0.1, 0.15) is 28.8 Å². The number of nitrogens with two attached hydrogens (primary N) is 2. The number of nitrogens with one attached hydrogen (secondary N) is 4. The molecule has 5 amide bonds. The number of rotatable bonds is 31. The summed E-state index contributed by atoms with van der Waals surface area (Å²) < 4.78 is 37.2. The van der Waals surface area contributed by atoms with Crippen LogP contribution in [0.5, 0.6) is 11.5 Å². The fourth-order valence-corrected chi connectivity index (χ4v) is 12.1. The zero-order valence-corrected chi connectivity index (χ0v) is 52.9. The molecule has 8 N–H and O–H groups in total. The summed E-state index contributed by atoms with van der Waals surface area (Å²) in [5.41, 5.74) is 11.1. The summed E-state index contributed by atoms with van der Waals surface area (Å²) in [5, 5.41) is 11.6. The molecular formula is C66H100N8O16. The number of morpholine rings is 2. The molecule has 6 fully saturated rings. The van der Waals surface area contributed by atoms with Crippen molar-refractivity contribution < 1.29 is 76.3 Å². The van der Waals surface area contributed by atoms with Crippen molar-refractivity contribution in [3.63, 3.8) is 0 Å². The summed E-state index contributed by atoms with van der Waals surface area (Å²) in [6.07, 6.45) is 6.51. The molecule has 2 aromatic rings. The number of carbonyl (C=O) groups excluding carboxylic acids is 9. The zero-order valence-electron chi connectivity index (χ0n) is 52.9. The van der Waals surface area contributed by atoms with Crippen LogP contribution in [0.4, 0.5) is 4.79 Å². The molecule has 4 heterocycles. The van der Waals surface area contributed by atoms with E-state index in [1.807, 2.05) is 46.2 Å². The number of amides is 5. The van der Waals surface area contributed by atoms with Crippen LogP contribution < -0.4 is 42.2 Å².